The monoisotopic (exact) mass is 478 g/mol. The SMILES string of the molecule is CNS(=O)(=O)c1cc(/C=C/C(=O)N2CCC(C(=O)c3cc(F)ccc3F)CC2)ccc1OC. The summed E-state index contributed by atoms with van der Waals surface area (Å²) in [5.41, 5.74) is 0.219. The lowest BCUT2D eigenvalue weighted by molar-refractivity contribution is -0.127. The maximum absolute atomic E-state index is 13.9. The molecule has 1 amide bonds. The molecule has 1 N–H and O–H groups in total. The van der Waals surface area contributed by atoms with Gasteiger partial charge in [0.05, 0.1) is 12.7 Å². The van der Waals surface area contributed by atoms with E-state index in [1.54, 1.807) is 11.0 Å². The van der Waals surface area contributed by atoms with Crippen LogP contribution in [0.3, 0.4) is 0 Å². The smallest absolute Gasteiger partial charge is 0.246 e. The van der Waals surface area contributed by atoms with Crippen molar-refractivity contribution in [2.24, 2.45) is 5.92 Å². The summed E-state index contributed by atoms with van der Waals surface area (Å²) in [6, 6.07) is 7.30. The highest BCUT2D eigenvalue weighted by Gasteiger charge is 2.29. The summed E-state index contributed by atoms with van der Waals surface area (Å²) in [5.74, 6) is -2.53. The number of ketones is 1. The van der Waals surface area contributed by atoms with Gasteiger partial charge in [-0.05, 0) is 61.9 Å². The van der Waals surface area contributed by atoms with Crippen LogP contribution < -0.4 is 9.46 Å². The number of likely N-dealkylation sites (tertiary alicyclic amines) is 1. The lowest BCUT2D eigenvalue weighted by Crippen LogP contribution is -2.39. The van der Waals surface area contributed by atoms with Gasteiger partial charge in [0.25, 0.3) is 0 Å². The van der Waals surface area contributed by atoms with E-state index in [1.807, 2.05) is 0 Å². The van der Waals surface area contributed by atoms with Gasteiger partial charge in [-0.1, -0.05) is 6.07 Å². The Labute approximate surface area is 191 Å². The molecule has 0 saturated carbocycles. The molecule has 3 rings (SSSR count). The van der Waals surface area contributed by atoms with E-state index in [0.717, 1.165) is 18.2 Å². The molecule has 7 nitrogen and oxygen atoms in total. The Kier molecular flexibility index (Phi) is 7.60. The second-order valence-corrected chi connectivity index (χ2v) is 9.39. The van der Waals surface area contributed by atoms with Crippen LogP contribution in [0.2, 0.25) is 0 Å². The summed E-state index contributed by atoms with van der Waals surface area (Å²) >= 11 is 0. The minimum atomic E-state index is -3.75. The van der Waals surface area contributed by atoms with E-state index in [4.69, 9.17) is 4.74 Å². The first kappa shape index (κ1) is 24.5. The molecule has 33 heavy (non-hydrogen) atoms. The maximum Gasteiger partial charge on any atom is 0.246 e. The highest BCUT2D eigenvalue weighted by molar-refractivity contribution is 7.89. The molecule has 1 aliphatic heterocycles. The third-order valence-electron chi connectivity index (χ3n) is 5.54. The number of halogens is 2. The van der Waals surface area contributed by atoms with Gasteiger partial charge in [-0.25, -0.2) is 21.9 Å². The van der Waals surface area contributed by atoms with Crippen LogP contribution in [0.1, 0.15) is 28.8 Å². The van der Waals surface area contributed by atoms with Crippen molar-refractivity contribution in [3.8, 4) is 5.75 Å². The number of methoxy groups -OCH3 is 1. The molecule has 2 aromatic carbocycles. The van der Waals surface area contributed by atoms with E-state index < -0.39 is 33.4 Å². The predicted molar refractivity (Wildman–Crippen MR) is 118 cm³/mol. The number of benzene rings is 2. The minimum absolute atomic E-state index is 0.0500. The molecular formula is C23H24F2N2O5S. The molecule has 0 spiro atoms. The number of amides is 1. The molecule has 0 unspecified atom stereocenters. The number of rotatable bonds is 7. The third kappa shape index (κ3) is 5.63. The van der Waals surface area contributed by atoms with Crippen LogP contribution in [0.5, 0.6) is 5.75 Å². The van der Waals surface area contributed by atoms with Crippen molar-refractivity contribution in [3.05, 3.63) is 65.2 Å². The van der Waals surface area contributed by atoms with Gasteiger partial charge in [0, 0.05) is 25.1 Å². The first-order valence-corrected chi connectivity index (χ1v) is 11.7. The second-order valence-electron chi connectivity index (χ2n) is 7.54. The van der Waals surface area contributed by atoms with Gasteiger partial charge in [-0.15, -0.1) is 0 Å². The van der Waals surface area contributed by atoms with E-state index in [-0.39, 0.29) is 22.1 Å². The molecule has 1 saturated heterocycles. The van der Waals surface area contributed by atoms with Crippen LogP contribution in [0.25, 0.3) is 6.08 Å². The first-order valence-electron chi connectivity index (χ1n) is 10.2. The molecular weight excluding hydrogens is 454 g/mol. The number of carbonyl (C=O) groups excluding carboxylic acids is 2. The lowest BCUT2D eigenvalue weighted by Gasteiger charge is -2.30. The largest absolute Gasteiger partial charge is 0.495 e. The zero-order chi connectivity index (χ0) is 24.2. The fraction of sp³-hybridized carbons (Fsp3) is 0.304. The quantitative estimate of drug-likeness (QED) is 0.488. The fourth-order valence-electron chi connectivity index (χ4n) is 3.66. The Morgan fingerprint density at radius 1 is 1.12 bits per heavy atom. The van der Waals surface area contributed by atoms with Crippen molar-refractivity contribution < 1.29 is 31.5 Å². The van der Waals surface area contributed by atoms with Crippen molar-refractivity contribution in [2.75, 3.05) is 27.2 Å². The van der Waals surface area contributed by atoms with Crippen LogP contribution in [0, 0.1) is 17.6 Å². The lowest BCUT2D eigenvalue weighted by atomic mass is 9.88. The Bertz CT molecular complexity index is 1190. The summed E-state index contributed by atoms with van der Waals surface area (Å²) in [7, 11) is -1.10. The van der Waals surface area contributed by atoms with E-state index in [0.29, 0.717) is 31.5 Å². The van der Waals surface area contributed by atoms with Crippen LogP contribution in [0.4, 0.5) is 8.78 Å². The van der Waals surface area contributed by atoms with Gasteiger partial charge < -0.3 is 9.64 Å². The van der Waals surface area contributed by atoms with E-state index in [1.165, 1.54) is 38.4 Å². The summed E-state index contributed by atoms with van der Waals surface area (Å²) in [6.45, 7) is 0.580. The van der Waals surface area contributed by atoms with Gasteiger partial charge in [0.15, 0.2) is 5.78 Å². The molecule has 0 radical (unpaired) electrons. The van der Waals surface area contributed by atoms with Gasteiger partial charge in [-0.2, -0.15) is 0 Å². The first-order chi connectivity index (χ1) is 15.7. The van der Waals surface area contributed by atoms with Gasteiger partial charge in [-0.3, -0.25) is 9.59 Å². The van der Waals surface area contributed by atoms with Crippen molar-refractivity contribution in [1.29, 1.82) is 0 Å². The summed E-state index contributed by atoms with van der Waals surface area (Å²) in [4.78, 5) is 26.6. The Morgan fingerprint density at radius 2 is 1.82 bits per heavy atom. The van der Waals surface area contributed by atoms with Crippen molar-refractivity contribution in [3.63, 3.8) is 0 Å². The average Bonchev–Trinajstić information content (AvgIpc) is 2.83. The second kappa shape index (κ2) is 10.2. The molecule has 0 bridgehead atoms. The van der Waals surface area contributed by atoms with Crippen molar-refractivity contribution in [2.45, 2.75) is 17.7 Å². The minimum Gasteiger partial charge on any atom is -0.495 e. The molecule has 1 fully saturated rings. The Hall–Kier alpha value is -3.11. The van der Waals surface area contributed by atoms with Crippen molar-refractivity contribution in [1.82, 2.24) is 9.62 Å². The van der Waals surface area contributed by atoms with E-state index in [2.05, 4.69) is 4.72 Å². The molecule has 1 aliphatic rings. The van der Waals surface area contributed by atoms with Gasteiger partial charge >= 0.3 is 0 Å². The maximum atomic E-state index is 13.9. The Morgan fingerprint density at radius 3 is 2.45 bits per heavy atom. The number of piperidine rings is 1. The number of nitrogens with zero attached hydrogens (tertiary/aromatic N) is 1. The standard InChI is InChI=1S/C23H24F2N2O5S/c1-26-33(30,31)21-13-15(3-7-20(21)32-2)4-8-22(28)27-11-9-16(10-12-27)23(29)18-14-17(24)5-6-19(18)25/h3-8,13-14,16,26H,9-12H2,1-2H3/b8-4+. The van der Waals surface area contributed by atoms with Crippen LogP contribution in [-0.4, -0.2) is 52.3 Å². The average molecular weight is 479 g/mol. The number of hydrogen-bond donors (Lipinski definition) is 1. The van der Waals surface area contributed by atoms with Crippen LogP contribution in [-0.2, 0) is 14.8 Å². The Balaban J connectivity index is 1.65. The van der Waals surface area contributed by atoms with Crippen LogP contribution >= 0.6 is 0 Å². The van der Waals surface area contributed by atoms with Crippen molar-refractivity contribution >= 4 is 27.8 Å². The van der Waals surface area contributed by atoms with E-state index >= 15 is 0 Å². The predicted octanol–water partition coefficient (Wildman–Crippen LogP) is 3.02. The summed E-state index contributed by atoms with van der Waals surface area (Å²) in [6.07, 6.45) is 3.49. The molecule has 176 valence electrons. The number of hydrogen-bond acceptors (Lipinski definition) is 5. The number of carbonyl (C=O) groups is 2. The molecule has 1 heterocycles. The zero-order valence-corrected chi connectivity index (χ0v) is 19.0. The third-order valence-corrected chi connectivity index (χ3v) is 6.97. The number of sulfonamides is 1. The van der Waals surface area contributed by atoms with Gasteiger partial charge in [0.1, 0.15) is 22.3 Å². The summed E-state index contributed by atoms with van der Waals surface area (Å²) < 4.78 is 59.0. The zero-order valence-electron chi connectivity index (χ0n) is 18.2. The van der Waals surface area contributed by atoms with Crippen LogP contribution in [0.15, 0.2) is 47.4 Å². The molecule has 0 aromatic heterocycles. The number of Topliss-reactive ketones (excluding diaryl/α,β-unsaturated/α-hetero) is 1. The normalized spacial score (nSPS) is 15.1. The topological polar surface area (TPSA) is 92.8 Å². The highest BCUT2D eigenvalue weighted by Crippen LogP contribution is 2.26. The number of ether oxygens (including phenoxy) is 1. The fourth-order valence-corrected chi connectivity index (χ4v) is 4.59. The molecule has 10 heteroatoms. The molecule has 0 atom stereocenters. The molecule has 0 aliphatic carbocycles. The highest BCUT2D eigenvalue weighted by atomic mass is 32.2. The van der Waals surface area contributed by atoms with E-state index in [9.17, 15) is 26.8 Å². The molecule has 2 aromatic rings. The summed E-state index contributed by atoms with van der Waals surface area (Å²) in [5, 5.41) is 0. The van der Waals surface area contributed by atoms with Gasteiger partial charge in [0.2, 0.25) is 15.9 Å². The number of nitrogens with one attached hydrogen (secondary N) is 1.